The van der Waals surface area contributed by atoms with E-state index >= 15 is 0 Å². The summed E-state index contributed by atoms with van der Waals surface area (Å²) < 4.78 is 0. The Morgan fingerprint density at radius 1 is 1.45 bits per heavy atom. The molecule has 110 valence electrons. The first kappa shape index (κ1) is 15.4. The van der Waals surface area contributed by atoms with E-state index in [9.17, 15) is 4.79 Å². The van der Waals surface area contributed by atoms with Crippen molar-refractivity contribution in [2.24, 2.45) is 5.92 Å². The molecule has 2 rings (SSSR count). The van der Waals surface area contributed by atoms with Crippen molar-refractivity contribution in [1.29, 1.82) is 0 Å². The molecule has 20 heavy (non-hydrogen) atoms. The highest BCUT2D eigenvalue weighted by molar-refractivity contribution is 9.09. The number of piperidine rings is 1. The lowest BCUT2D eigenvalue weighted by Crippen LogP contribution is -2.40. The van der Waals surface area contributed by atoms with Crippen LogP contribution in [0.1, 0.15) is 48.4 Å². The second-order valence-corrected chi connectivity index (χ2v) is 6.95. The summed E-state index contributed by atoms with van der Waals surface area (Å²) in [5.41, 5.74) is 2.33. The fourth-order valence-electron chi connectivity index (χ4n) is 2.69. The van der Waals surface area contributed by atoms with Gasteiger partial charge in [0, 0.05) is 17.9 Å². The molecule has 1 unspecified atom stereocenters. The molecule has 0 aliphatic carbocycles. The highest BCUT2D eigenvalue weighted by atomic mass is 79.9. The van der Waals surface area contributed by atoms with Crippen molar-refractivity contribution < 1.29 is 4.79 Å². The van der Waals surface area contributed by atoms with Crippen LogP contribution in [0, 0.1) is 12.8 Å². The number of nitrogens with zero attached hydrogens (tertiary/aromatic N) is 3. The Bertz CT molecular complexity index is 482. The van der Waals surface area contributed by atoms with Gasteiger partial charge in [-0.1, -0.05) is 29.8 Å². The lowest BCUT2D eigenvalue weighted by molar-refractivity contribution is 0.0689. The van der Waals surface area contributed by atoms with Crippen molar-refractivity contribution in [1.82, 2.24) is 15.1 Å². The Morgan fingerprint density at radius 2 is 2.10 bits per heavy atom. The highest BCUT2D eigenvalue weighted by Crippen LogP contribution is 2.26. The molecule has 1 saturated heterocycles. The van der Waals surface area contributed by atoms with E-state index < -0.39 is 0 Å². The van der Waals surface area contributed by atoms with Crippen LogP contribution in [-0.2, 0) is 6.42 Å². The van der Waals surface area contributed by atoms with E-state index in [-0.39, 0.29) is 5.91 Å². The molecule has 0 N–H and O–H groups in total. The number of aryl methyl sites for hydroxylation is 2. The van der Waals surface area contributed by atoms with Crippen LogP contribution in [0.3, 0.4) is 0 Å². The van der Waals surface area contributed by atoms with Crippen LogP contribution in [0.5, 0.6) is 0 Å². The zero-order valence-electron chi connectivity index (χ0n) is 12.4. The monoisotopic (exact) mass is 339 g/mol. The van der Waals surface area contributed by atoms with Gasteiger partial charge >= 0.3 is 0 Å². The standard InChI is InChI=1S/C15H22BrN3O/c1-4-14-13(9-10(2)17-18-14)15(20)19-7-5-12(6-8-19)11(3)16/h9,11-12H,4-8H2,1-3H3. The quantitative estimate of drug-likeness (QED) is 0.795. The molecule has 5 heteroatoms. The Labute approximate surface area is 129 Å². The van der Waals surface area contributed by atoms with Gasteiger partial charge in [0.25, 0.3) is 5.91 Å². The van der Waals surface area contributed by atoms with Gasteiger partial charge in [0.1, 0.15) is 0 Å². The number of hydrogen-bond acceptors (Lipinski definition) is 3. The van der Waals surface area contributed by atoms with Gasteiger partial charge in [-0.15, -0.1) is 0 Å². The molecule has 1 aromatic heterocycles. The number of amides is 1. The fraction of sp³-hybridized carbons (Fsp3) is 0.667. The van der Waals surface area contributed by atoms with Crippen molar-refractivity contribution in [3.63, 3.8) is 0 Å². The first-order chi connectivity index (χ1) is 9.52. The van der Waals surface area contributed by atoms with Crippen LogP contribution in [0.15, 0.2) is 6.07 Å². The van der Waals surface area contributed by atoms with Crippen molar-refractivity contribution in [3.05, 3.63) is 23.0 Å². The number of carbonyl (C=O) groups excluding carboxylic acids is 1. The molecule has 1 aliphatic rings. The van der Waals surface area contributed by atoms with Crippen molar-refractivity contribution >= 4 is 21.8 Å². The summed E-state index contributed by atoms with van der Waals surface area (Å²) in [5.74, 6) is 0.780. The highest BCUT2D eigenvalue weighted by Gasteiger charge is 2.27. The van der Waals surface area contributed by atoms with Gasteiger partial charge in [0.2, 0.25) is 0 Å². The molecular weight excluding hydrogens is 318 g/mol. The second-order valence-electron chi connectivity index (χ2n) is 5.51. The van der Waals surface area contributed by atoms with Gasteiger partial charge < -0.3 is 4.90 Å². The third-order valence-corrected chi connectivity index (χ3v) is 4.78. The lowest BCUT2D eigenvalue weighted by Gasteiger charge is -2.33. The van der Waals surface area contributed by atoms with Crippen molar-refractivity contribution in [2.45, 2.75) is 44.9 Å². The molecule has 1 aromatic rings. The first-order valence-corrected chi connectivity index (χ1v) is 8.21. The molecule has 0 spiro atoms. The van der Waals surface area contributed by atoms with Crippen LogP contribution in [0.4, 0.5) is 0 Å². The molecule has 1 aliphatic heterocycles. The van der Waals surface area contributed by atoms with Crippen molar-refractivity contribution in [2.75, 3.05) is 13.1 Å². The van der Waals surface area contributed by atoms with E-state index in [0.717, 1.165) is 49.3 Å². The SMILES string of the molecule is CCc1nnc(C)cc1C(=O)N1CCC(C(C)Br)CC1. The number of aromatic nitrogens is 2. The number of carbonyl (C=O) groups is 1. The summed E-state index contributed by atoms with van der Waals surface area (Å²) in [4.78, 5) is 15.1. The van der Waals surface area contributed by atoms with Crippen LogP contribution in [0.25, 0.3) is 0 Å². The van der Waals surface area contributed by atoms with Crippen LogP contribution < -0.4 is 0 Å². The third kappa shape index (κ3) is 3.37. The minimum atomic E-state index is 0.112. The maximum atomic E-state index is 12.7. The van der Waals surface area contributed by atoms with E-state index in [4.69, 9.17) is 0 Å². The summed E-state index contributed by atoms with van der Waals surface area (Å²) in [6.07, 6.45) is 2.87. The average Bonchev–Trinajstić information content (AvgIpc) is 2.46. The van der Waals surface area contributed by atoms with Crippen LogP contribution in [0.2, 0.25) is 0 Å². The smallest absolute Gasteiger partial charge is 0.255 e. The molecule has 1 amide bonds. The third-order valence-electron chi connectivity index (χ3n) is 4.03. The minimum absolute atomic E-state index is 0.112. The number of hydrogen-bond donors (Lipinski definition) is 0. The number of likely N-dealkylation sites (tertiary alicyclic amines) is 1. The number of rotatable bonds is 3. The van der Waals surface area contributed by atoms with Gasteiger partial charge in [-0.05, 0) is 38.2 Å². The summed E-state index contributed by atoms with van der Waals surface area (Å²) in [6.45, 7) is 7.75. The maximum absolute atomic E-state index is 12.7. The Morgan fingerprint density at radius 3 is 2.65 bits per heavy atom. The van der Waals surface area contributed by atoms with Gasteiger partial charge in [0.15, 0.2) is 0 Å². The molecule has 4 nitrogen and oxygen atoms in total. The Balaban J connectivity index is 2.11. The predicted octanol–water partition coefficient (Wildman–Crippen LogP) is 2.98. The van der Waals surface area contributed by atoms with E-state index in [1.807, 2.05) is 24.8 Å². The Kier molecular flexibility index (Phi) is 5.13. The molecule has 2 heterocycles. The predicted molar refractivity (Wildman–Crippen MR) is 83.2 cm³/mol. The molecular formula is C15H22BrN3O. The van der Waals surface area contributed by atoms with Crippen LogP contribution in [-0.4, -0.2) is 38.9 Å². The van der Waals surface area contributed by atoms with E-state index in [1.54, 1.807) is 0 Å². The van der Waals surface area contributed by atoms with Gasteiger partial charge in [-0.3, -0.25) is 4.79 Å². The van der Waals surface area contributed by atoms with Gasteiger partial charge in [-0.25, -0.2) is 0 Å². The summed E-state index contributed by atoms with van der Waals surface area (Å²) in [7, 11) is 0. The summed E-state index contributed by atoms with van der Waals surface area (Å²) in [5, 5.41) is 8.20. The molecule has 1 atom stereocenters. The van der Waals surface area contributed by atoms with E-state index in [2.05, 4.69) is 33.1 Å². The molecule has 0 bridgehead atoms. The largest absolute Gasteiger partial charge is 0.339 e. The first-order valence-electron chi connectivity index (χ1n) is 7.29. The van der Waals surface area contributed by atoms with Gasteiger partial charge in [-0.2, -0.15) is 10.2 Å². The minimum Gasteiger partial charge on any atom is -0.339 e. The average molecular weight is 340 g/mol. The van der Waals surface area contributed by atoms with E-state index in [1.165, 1.54) is 0 Å². The number of alkyl halides is 1. The molecule has 0 radical (unpaired) electrons. The fourth-order valence-corrected chi connectivity index (χ4v) is 3.22. The van der Waals surface area contributed by atoms with E-state index in [0.29, 0.717) is 10.7 Å². The molecule has 0 aromatic carbocycles. The maximum Gasteiger partial charge on any atom is 0.255 e. The zero-order chi connectivity index (χ0) is 14.7. The zero-order valence-corrected chi connectivity index (χ0v) is 14.0. The van der Waals surface area contributed by atoms with Crippen molar-refractivity contribution in [3.8, 4) is 0 Å². The second kappa shape index (κ2) is 6.66. The van der Waals surface area contributed by atoms with Gasteiger partial charge in [0.05, 0.1) is 17.0 Å². The summed E-state index contributed by atoms with van der Waals surface area (Å²) in [6, 6.07) is 1.87. The Hall–Kier alpha value is -0.970. The lowest BCUT2D eigenvalue weighted by atomic mass is 9.94. The number of halogens is 1. The molecule has 0 saturated carbocycles. The van der Waals surface area contributed by atoms with Crippen LogP contribution >= 0.6 is 15.9 Å². The normalized spacial score (nSPS) is 18.1. The molecule has 1 fully saturated rings. The summed E-state index contributed by atoms with van der Waals surface area (Å²) >= 11 is 3.65. The topological polar surface area (TPSA) is 46.1 Å².